The van der Waals surface area contributed by atoms with Crippen molar-refractivity contribution in [3.05, 3.63) is 35.9 Å². The minimum absolute atomic E-state index is 0.136. The van der Waals surface area contributed by atoms with Crippen molar-refractivity contribution in [2.45, 2.75) is 12.5 Å². The first kappa shape index (κ1) is 11.6. The van der Waals surface area contributed by atoms with Gasteiger partial charge in [-0.3, -0.25) is 4.90 Å². The van der Waals surface area contributed by atoms with Crippen LogP contribution in [-0.4, -0.2) is 42.9 Å². The fraction of sp³-hybridized carbons (Fsp3) is 0.538. The first-order valence-corrected chi connectivity index (χ1v) is 5.76. The molecule has 1 aliphatic heterocycles. The van der Waals surface area contributed by atoms with Crippen LogP contribution in [0.15, 0.2) is 30.3 Å². The van der Waals surface area contributed by atoms with E-state index < -0.39 is 0 Å². The lowest BCUT2D eigenvalue weighted by Crippen LogP contribution is -2.51. The standard InChI is InChI=1S/C13H19NO2/c1-13(11-15,12-5-3-2-4-6-12)14-7-9-16-10-8-14/h2-6,15H,7-11H2,1H3/t13-/m1/s1. The average molecular weight is 221 g/mol. The lowest BCUT2D eigenvalue weighted by Gasteiger charge is -2.42. The third-order valence-corrected chi connectivity index (χ3v) is 3.41. The van der Waals surface area contributed by atoms with E-state index in [9.17, 15) is 5.11 Å². The van der Waals surface area contributed by atoms with Crippen LogP contribution >= 0.6 is 0 Å². The molecule has 0 radical (unpaired) electrons. The summed E-state index contributed by atoms with van der Waals surface area (Å²) in [5.74, 6) is 0. The van der Waals surface area contributed by atoms with Gasteiger partial charge in [0, 0.05) is 13.1 Å². The number of nitrogens with zero attached hydrogens (tertiary/aromatic N) is 1. The number of hydrogen-bond acceptors (Lipinski definition) is 3. The number of rotatable bonds is 3. The van der Waals surface area contributed by atoms with Gasteiger partial charge in [-0.25, -0.2) is 0 Å². The third kappa shape index (κ3) is 2.12. The molecule has 2 rings (SSSR count). The number of ether oxygens (including phenoxy) is 1. The Morgan fingerprint density at radius 2 is 1.88 bits per heavy atom. The molecule has 1 aromatic carbocycles. The molecule has 0 aliphatic carbocycles. The smallest absolute Gasteiger partial charge is 0.0667 e. The molecule has 1 atom stereocenters. The van der Waals surface area contributed by atoms with E-state index in [1.807, 2.05) is 18.2 Å². The van der Waals surface area contributed by atoms with Crippen molar-refractivity contribution in [1.29, 1.82) is 0 Å². The van der Waals surface area contributed by atoms with E-state index >= 15 is 0 Å². The summed E-state index contributed by atoms with van der Waals surface area (Å²) in [7, 11) is 0. The summed E-state index contributed by atoms with van der Waals surface area (Å²) in [4.78, 5) is 2.30. The van der Waals surface area contributed by atoms with Crippen LogP contribution < -0.4 is 0 Å². The summed E-state index contributed by atoms with van der Waals surface area (Å²) in [6, 6.07) is 10.2. The molecular formula is C13H19NO2. The van der Waals surface area contributed by atoms with Crippen molar-refractivity contribution in [1.82, 2.24) is 4.90 Å². The molecule has 0 bridgehead atoms. The lowest BCUT2D eigenvalue weighted by molar-refractivity contribution is -0.0392. The SMILES string of the molecule is C[C@@](CO)(c1ccccc1)N1CCOCC1. The summed E-state index contributed by atoms with van der Waals surface area (Å²) >= 11 is 0. The van der Waals surface area contributed by atoms with Crippen LogP contribution in [-0.2, 0) is 10.3 Å². The van der Waals surface area contributed by atoms with Crippen LogP contribution in [0, 0.1) is 0 Å². The van der Waals surface area contributed by atoms with E-state index in [1.54, 1.807) is 0 Å². The number of benzene rings is 1. The highest BCUT2D eigenvalue weighted by molar-refractivity contribution is 5.24. The predicted octanol–water partition coefficient (Wildman–Crippen LogP) is 1.23. The van der Waals surface area contributed by atoms with E-state index in [0.717, 1.165) is 26.3 Å². The van der Waals surface area contributed by atoms with Crippen LogP contribution in [0.1, 0.15) is 12.5 Å². The minimum Gasteiger partial charge on any atom is -0.394 e. The first-order valence-electron chi connectivity index (χ1n) is 5.76. The monoisotopic (exact) mass is 221 g/mol. The van der Waals surface area contributed by atoms with Gasteiger partial charge < -0.3 is 9.84 Å². The Hall–Kier alpha value is -0.900. The summed E-state index contributed by atoms with van der Waals surface area (Å²) in [5, 5.41) is 9.71. The summed E-state index contributed by atoms with van der Waals surface area (Å²) in [6.07, 6.45) is 0. The first-order chi connectivity index (χ1) is 7.77. The topological polar surface area (TPSA) is 32.7 Å². The van der Waals surface area contributed by atoms with E-state index in [2.05, 4.69) is 24.0 Å². The van der Waals surface area contributed by atoms with Crippen molar-refractivity contribution in [2.24, 2.45) is 0 Å². The Labute approximate surface area is 96.6 Å². The molecule has 1 N–H and O–H groups in total. The van der Waals surface area contributed by atoms with Crippen LogP contribution in [0.2, 0.25) is 0 Å². The second kappa shape index (κ2) is 4.95. The normalized spacial score (nSPS) is 21.6. The molecule has 1 saturated heterocycles. The Morgan fingerprint density at radius 3 is 2.44 bits per heavy atom. The van der Waals surface area contributed by atoms with Crippen molar-refractivity contribution in [3.8, 4) is 0 Å². The maximum Gasteiger partial charge on any atom is 0.0667 e. The second-order valence-corrected chi connectivity index (χ2v) is 4.40. The summed E-state index contributed by atoms with van der Waals surface area (Å²) < 4.78 is 5.35. The van der Waals surface area contributed by atoms with Gasteiger partial charge in [0.05, 0.1) is 25.4 Å². The Kier molecular flexibility index (Phi) is 3.59. The van der Waals surface area contributed by atoms with Crippen LogP contribution in [0.4, 0.5) is 0 Å². The Bertz CT molecular complexity index is 322. The quantitative estimate of drug-likeness (QED) is 0.833. The average Bonchev–Trinajstić information content (AvgIpc) is 2.40. The molecule has 1 aliphatic rings. The van der Waals surface area contributed by atoms with Crippen molar-refractivity contribution >= 4 is 0 Å². The molecule has 16 heavy (non-hydrogen) atoms. The molecule has 3 nitrogen and oxygen atoms in total. The van der Waals surface area contributed by atoms with E-state index in [1.165, 1.54) is 5.56 Å². The molecule has 1 aromatic rings. The predicted molar refractivity (Wildman–Crippen MR) is 63.3 cm³/mol. The molecule has 0 spiro atoms. The van der Waals surface area contributed by atoms with Gasteiger partial charge >= 0.3 is 0 Å². The molecule has 3 heteroatoms. The highest BCUT2D eigenvalue weighted by Gasteiger charge is 2.33. The van der Waals surface area contributed by atoms with Gasteiger partial charge in [0.25, 0.3) is 0 Å². The van der Waals surface area contributed by atoms with Gasteiger partial charge in [0.2, 0.25) is 0 Å². The molecular weight excluding hydrogens is 202 g/mol. The maximum absolute atomic E-state index is 9.71. The zero-order chi connectivity index (χ0) is 11.4. The molecule has 88 valence electrons. The van der Waals surface area contributed by atoms with Crippen LogP contribution in [0.5, 0.6) is 0 Å². The zero-order valence-corrected chi connectivity index (χ0v) is 9.72. The van der Waals surface area contributed by atoms with Gasteiger partial charge in [0.1, 0.15) is 0 Å². The molecule has 0 amide bonds. The summed E-state index contributed by atoms with van der Waals surface area (Å²) in [5.41, 5.74) is 0.879. The second-order valence-electron chi connectivity index (χ2n) is 4.40. The molecule has 1 fully saturated rings. The van der Waals surface area contributed by atoms with Gasteiger partial charge in [0.15, 0.2) is 0 Å². The summed E-state index contributed by atoms with van der Waals surface area (Å²) in [6.45, 7) is 5.49. The number of aliphatic hydroxyl groups is 1. The highest BCUT2D eigenvalue weighted by atomic mass is 16.5. The number of morpholine rings is 1. The van der Waals surface area contributed by atoms with Crippen molar-refractivity contribution in [3.63, 3.8) is 0 Å². The van der Waals surface area contributed by atoms with Gasteiger partial charge in [-0.15, -0.1) is 0 Å². The number of hydrogen-bond donors (Lipinski definition) is 1. The molecule has 0 aromatic heterocycles. The Balaban J connectivity index is 2.24. The largest absolute Gasteiger partial charge is 0.394 e. The van der Waals surface area contributed by atoms with Crippen LogP contribution in [0.3, 0.4) is 0 Å². The van der Waals surface area contributed by atoms with E-state index in [0.29, 0.717) is 0 Å². The van der Waals surface area contributed by atoms with Crippen molar-refractivity contribution < 1.29 is 9.84 Å². The number of aliphatic hydroxyl groups excluding tert-OH is 1. The Morgan fingerprint density at radius 1 is 1.25 bits per heavy atom. The molecule has 1 heterocycles. The van der Waals surface area contributed by atoms with Crippen LogP contribution in [0.25, 0.3) is 0 Å². The van der Waals surface area contributed by atoms with Crippen molar-refractivity contribution in [2.75, 3.05) is 32.9 Å². The lowest BCUT2D eigenvalue weighted by atomic mass is 9.90. The zero-order valence-electron chi connectivity index (χ0n) is 9.72. The fourth-order valence-electron chi connectivity index (χ4n) is 2.23. The van der Waals surface area contributed by atoms with Gasteiger partial charge in [-0.2, -0.15) is 0 Å². The van der Waals surface area contributed by atoms with E-state index in [4.69, 9.17) is 4.74 Å². The van der Waals surface area contributed by atoms with E-state index in [-0.39, 0.29) is 12.1 Å². The fourth-order valence-corrected chi connectivity index (χ4v) is 2.23. The minimum atomic E-state index is -0.287. The third-order valence-electron chi connectivity index (χ3n) is 3.41. The molecule has 0 saturated carbocycles. The maximum atomic E-state index is 9.71. The van der Waals surface area contributed by atoms with Gasteiger partial charge in [-0.05, 0) is 12.5 Å². The molecule has 0 unspecified atom stereocenters. The van der Waals surface area contributed by atoms with Gasteiger partial charge in [-0.1, -0.05) is 30.3 Å². The highest BCUT2D eigenvalue weighted by Crippen LogP contribution is 2.28.